The van der Waals surface area contributed by atoms with Gasteiger partial charge in [-0.05, 0) is 25.0 Å². The molecule has 0 aromatic rings. The van der Waals surface area contributed by atoms with Crippen LogP contribution in [0, 0.1) is 0 Å². The molecule has 0 radical (unpaired) electrons. The van der Waals surface area contributed by atoms with E-state index in [-0.39, 0.29) is 12.2 Å². The lowest BCUT2D eigenvalue weighted by molar-refractivity contribution is 0.00212. The summed E-state index contributed by atoms with van der Waals surface area (Å²) in [4.78, 5) is 0. The lowest BCUT2D eigenvalue weighted by Crippen LogP contribution is -2.28. The third-order valence-electron chi connectivity index (χ3n) is 2.10. The van der Waals surface area contributed by atoms with Crippen LogP contribution in [0.15, 0.2) is 24.7 Å². The Bertz CT molecular complexity index is 176. The number of ether oxygens (including phenoxy) is 2. The topological polar surface area (TPSA) is 18.5 Å². The molecule has 0 saturated carbocycles. The lowest BCUT2D eigenvalue weighted by Gasteiger charge is -2.24. The van der Waals surface area contributed by atoms with E-state index in [9.17, 15) is 0 Å². The highest BCUT2D eigenvalue weighted by atomic mass is 16.5. The summed E-state index contributed by atoms with van der Waals surface area (Å²) in [7, 11) is 0. The number of hydrogen-bond donors (Lipinski definition) is 0. The molecule has 2 heteroatoms. The average Bonchev–Trinajstić information content (AvgIpc) is 2.58. The second-order valence-corrected chi connectivity index (χ2v) is 2.91. The standard InChI is InChI=1S/C9H12O2/c1-2-6-10-8(4-1)9-5-3-7-11-9/h2-3,6-9H,1,4-5H2. The normalized spacial score (nSPS) is 34.9. The van der Waals surface area contributed by atoms with Gasteiger partial charge in [0.1, 0.15) is 12.2 Å². The van der Waals surface area contributed by atoms with E-state index in [1.807, 2.05) is 6.08 Å². The van der Waals surface area contributed by atoms with Gasteiger partial charge in [0.25, 0.3) is 0 Å². The summed E-state index contributed by atoms with van der Waals surface area (Å²) in [5.74, 6) is 0. The fraction of sp³-hybridized carbons (Fsp3) is 0.556. The minimum atomic E-state index is 0.264. The fourth-order valence-corrected chi connectivity index (χ4v) is 1.47. The van der Waals surface area contributed by atoms with Gasteiger partial charge in [-0.15, -0.1) is 0 Å². The molecule has 2 aliphatic heterocycles. The summed E-state index contributed by atoms with van der Waals surface area (Å²) < 4.78 is 10.8. The Kier molecular flexibility index (Phi) is 1.84. The van der Waals surface area contributed by atoms with Crippen LogP contribution >= 0.6 is 0 Å². The van der Waals surface area contributed by atoms with E-state index in [0.717, 1.165) is 19.3 Å². The number of allylic oxidation sites excluding steroid dienone is 1. The van der Waals surface area contributed by atoms with E-state index < -0.39 is 0 Å². The van der Waals surface area contributed by atoms with Gasteiger partial charge in [-0.1, -0.05) is 0 Å². The monoisotopic (exact) mass is 152 g/mol. The van der Waals surface area contributed by atoms with E-state index in [4.69, 9.17) is 9.47 Å². The van der Waals surface area contributed by atoms with Crippen molar-refractivity contribution in [3.8, 4) is 0 Å². The maximum Gasteiger partial charge on any atom is 0.138 e. The van der Waals surface area contributed by atoms with Crippen molar-refractivity contribution in [3.05, 3.63) is 24.7 Å². The van der Waals surface area contributed by atoms with Gasteiger partial charge in [0.05, 0.1) is 12.5 Å². The highest BCUT2D eigenvalue weighted by Gasteiger charge is 2.25. The summed E-state index contributed by atoms with van der Waals surface area (Å²) in [6.07, 6.45) is 11.4. The van der Waals surface area contributed by atoms with Gasteiger partial charge in [0.15, 0.2) is 0 Å². The van der Waals surface area contributed by atoms with Gasteiger partial charge in [-0.25, -0.2) is 0 Å². The molecule has 0 fully saturated rings. The van der Waals surface area contributed by atoms with E-state index in [0.29, 0.717) is 0 Å². The highest BCUT2D eigenvalue weighted by molar-refractivity contribution is 4.94. The molecule has 0 saturated heterocycles. The molecule has 2 unspecified atom stereocenters. The van der Waals surface area contributed by atoms with Gasteiger partial charge in [-0.2, -0.15) is 0 Å². The SMILES string of the molecule is C1=COC(C2CC=CO2)CC1. The first-order chi connectivity index (χ1) is 5.47. The predicted octanol–water partition coefficient (Wildman–Crippen LogP) is 1.98. The Labute approximate surface area is 66.5 Å². The second-order valence-electron chi connectivity index (χ2n) is 2.91. The van der Waals surface area contributed by atoms with E-state index in [1.54, 1.807) is 12.5 Å². The van der Waals surface area contributed by atoms with Gasteiger partial charge in [0, 0.05) is 6.42 Å². The first-order valence-electron chi connectivity index (χ1n) is 4.08. The zero-order valence-corrected chi connectivity index (χ0v) is 6.40. The summed E-state index contributed by atoms with van der Waals surface area (Å²) >= 11 is 0. The van der Waals surface area contributed by atoms with E-state index >= 15 is 0 Å². The molecule has 2 nitrogen and oxygen atoms in total. The lowest BCUT2D eigenvalue weighted by atomic mass is 10.1. The van der Waals surface area contributed by atoms with Crippen molar-refractivity contribution in [1.82, 2.24) is 0 Å². The van der Waals surface area contributed by atoms with Crippen molar-refractivity contribution in [1.29, 1.82) is 0 Å². The van der Waals surface area contributed by atoms with Crippen molar-refractivity contribution < 1.29 is 9.47 Å². The molecule has 0 N–H and O–H groups in total. The van der Waals surface area contributed by atoms with Crippen molar-refractivity contribution in [3.63, 3.8) is 0 Å². The molecule has 0 aromatic carbocycles. The molecular weight excluding hydrogens is 140 g/mol. The summed E-state index contributed by atoms with van der Waals surface area (Å²) in [5, 5.41) is 0. The van der Waals surface area contributed by atoms with Gasteiger partial charge >= 0.3 is 0 Å². The average molecular weight is 152 g/mol. The summed E-state index contributed by atoms with van der Waals surface area (Å²) in [6.45, 7) is 0. The molecule has 2 atom stereocenters. The van der Waals surface area contributed by atoms with Gasteiger partial charge in [0.2, 0.25) is 0 Å². The van der Waals surface area contributed by atoms with Gasteiger partial charge < -0.3 is 9.47 Å². The third kappa shape index (κ3) is 1.39. The minimum absolute atomic E-state index is 0.264. The van der Waals surface area contributed by atoms with E-state index in [2.05, 4.69) is 6.08 Å². The predicted molar refractivity (Wildman–Crippen MR) is 41.9 cm³/mol. The summed E-state index contributed by atoms with van der Waals surface area (Å²) in [5.41, 5.74) is 0. The van der Waals surface area contributed by atoms with Crippen molar-refractivity contribution in [2.75, 3.05) is 0 Å². The van der Waals surface area contributed by atoms with Crippen LogP contribution in [0.4, 0.5) is 0 Å². The first kappa shape index (κ1) is 6.77. The quantitative estimate of drug-likeness (QED) is 0.572. The Morgan fingerprint density at radius 2 is 1.82 bits per heavy atom. The van der Waals surface area contributed by atoms with Crippen LogP contribution in [-0.4, -0.2) is 12.2 Å². The van der Waals surface area contributed by atoms with Crippen LogP contribution in [0.2, 0.25) is 0 Å². The van der Waals surface area contributed by atoms with Crippen LogP contribution in [0.25, 0.3) is 0 Å². The fourth-order valence-electron chi connectivity index (χ4n) is 1.47. The van der Waals surface area contributed by atoms with Gasteiger partial charge in [-0.3, -0.25) is 0 Å². The Morgan fingerprint density at radius 3 is 2.45 bits per heavy atom. The molecule has 0 aromatic heterocycles. The smallest absolute Gasteiger partial charge is 0.138 e. The largest absolute Gasteiger partial charge is 0.494 e. The minimum Gasteiger partial charge on any atom is -0.494 e. The Hall–Kier alpha value is -0.920. The van der Waals surface area contributed by atoms with Crippen molar-refractivity contribution >= 4 is 0 Å². The molecule has 0 aliphatic carbocycles. The van der Waals surface area contributed by atoms with Crippen LogP contribution in [0.3, 0.4) is 0 Å². The van der Waals surface area contributed by atoms with Crippen molar-refractivity contribution in [2.24, 2.45) is 0 Å². The Morgan fingerprint density at radius 1 is 1.00 bits per heavy atom. The highest BCUT2D eigenvalue weighted by Crippen LogP contribution is 2.21. The van der Waals surface area contributed by atoms with Crippen LogP contribution in [-0.2, 0) is 9.47 Å². The molecule has 2 rings (SSSR count). The molecule has 0 amide bonds. The zero-order valence-electron chi connectivity index (χ0n) is 6.40. The molecule has 11 heavy (non-hydrogen) atoms. The van der Waals surface area contributed by atoms with Crippen molar-refractivity contribution in [2.45, 2.75) is 31.5 Å². The molecular formula is C9H12O2. The molecule has 0 spiro atoms. The number of hydrogen-bond acceptors (Lipinski definition) is 2. The molecule has 2 aliphatic rings. The number of rotatable bonds is 1. The molecule has 2 heterocycles. The zero-order chi connectivity index (χ0) is 7.52. The maximum atomic E-state index is 5.42. The van der Waals surface area contributed by atoms with Crippen LogP contribution in [0.1, 0.15) is 19.3 Å². The molecule has 0 bridgehead atoms. The van der Waals surface area contributed by atoms with Crippen LogP contribution < -0.4 is 0 Å². The third-order valence-corrected chi connectivity index (χ3v) is 2.10. The molecule has 60 valence electrons. The van der Waals surface area contributed by atoms with E-state index in [1.165, 1.54) is 0 Å². The van der Waals surface area contributed by atoms with Crippen LogP contribution in [0.5, 0.6) is 0 Å². The second kappa shape index (κ2) is 2.99. The first-order valence-corrected chi connectivity index (χ1v) is 4.08. The summed E-state index contributed by atoms with van der Waals surface area (Å²) in [6, 6.07) is 0. The Balaban J connectivity index is 1.89. The maximum absolute atomic E-state index is 5.42.